The van der Waals surface area contributed by atoms with Gasteiger partial charge in [0.2, 0.25) is 5.75 Å². The number of benzene rings is 2. The fourth-order valence-corrected chi connectivity index (χ4v) is 4.85. The largest absolute Gasteiger partial charge is 0.493 e. The molecular weight excluding hydrogens is 494 g/mol. The normalized spacial score (nSPS) is 12.1. The van der Waals surface area contributed by atoms with Crippen LogP contribution in [0.15, 0.2) is 35.1 Å². The number of carbonyl (C=O) groups excluding carboxylic acids is 1. The molecule has 0 aliphatic heterocycles. The maximum absolute atomic E-state index is 13.4. The molecule has 1 amide bonds. The first-order valence-corrected chi connectivity index (χ1v) is 12.1. The van der Waals surface area contributed by atoms with Gasteiger partial charge in [-0.3, -0.25) is 14.2 Å². The molecule has 1 heterocycles. The summed E-state index contributed by atoms with van der Waals surface area (Å²) >= 11 is 1.04. The Balaban J connectivity index is 2.25. The molecule has 0 radical (unpaired) electrons. The van der Waals surface area contributed by atoms with E-state index in [4.69, 9.17) is 18.9 Å². The predicted octanol–water partition coefficient (Wildman–Crippen LogP) is 2.34. The van der Waals surface area contributed by atoms with E-state index in [1.54, 1.807) is 24.3 Å². The van der Waals surface area contributed by atoms with Crippen LogP contribution < -0.4 is 34.3 Å². The topological polar surface area (TPSA) is 112 Å². The highest BCUT2D eigenvalue weighted by Crippen LogP contribution is 2.39. The minimum atomic E-state index is -0.598. The van der Waals surface area contributed by atoms with Crippen molar-refractivity contribution in [2.45, 2.75) is 20.4 Å². The number of anilines is 1. The monoisotopic (exact) mass is 523 g/mol. The standard InChI is InChI=1S/C27H29N3O6S/c1-16-8-7-9-20(17(16)2)29-25(31)19(15-28)27-30(12-13-33-3)26(32)22(37-27)14-18-10-11-21(34-4)24(36-6)23(18)35-5/h7-11,14H,12-13H2,1-6H3,(H,29,31)/b22-14-,27-19+. The lowest BCUT2D eigenvalue weighted by atomic mass is 10.1. The number of aromatic nitrogens is 1. The average molecular weight is 524 g/mol. The number of ether oxygens (including phenoxy) is 4. The van der Waals surface area contributed by atoms with Gasteiger partial charge in [0.25, 0.3) is 11.5 Å². The Bertz CT molecular complexity index is 1530. The lowest BCUT2D eigenvalue weighted by Crippen LogP contribution is -2.34. The van der Waals surface area contributed by atoms with Crippen molar-refractivity contribution in [3.63, 3.8) is 0 Å². The summed E-state index contributed by atoms with van der Waals surface area (Å²) in [6.45, 7) is 4.21. The van der Waals surface area contributed by atoms with Crippen molar-refractivity contribution in [1.82, 2.24) is 4.57 Å². The van der Waals surface area contributed by atoms with Crippen molar-refractivity contribution in [1.29, 1.82) is 5.26 Å². The van der Waals surface area contributed by atoms with E-state index in [0.29, 0.717) is 33.0 Å². The number of aryl methyl sites for hydroxylation is 1. The summed E-state index contributed by atoms with van der Waals surface area (Å²) < 4.78 is 23.4. The van der Waals surface area contributed by atoms with Gasteiger partial charge in [-0.2, -0.15) is 5.26 Å². The molecular formula is C27H29N3O6S. The quantitative estimate of drug-likeness (QED) is 0.458. The molecule has 1 aromatic heterocycles. The van der Waals surface area contributed by atoms with E-state index >= 15 is 0 Å². The van der Waals surface area contributed by atoms with E-state index in [1.165, 1.54) is 33.0 Å². The number of rotatable bonds is 9. The van der Waals surface area contributed by atoms with E-state index in [0.717, 1.165) is 22.5 Å². The van der Waals surface area contributed by atoms with E-state index in [-0.39, 0.29) is 28.9 Å². The van der Waals surface area contributed by atoms with Crippen molar-refractivity contribution in [2.75, 3.05) is 40.4 Å². The van der Waals surface area contributed by atoms with Crippen molar-refractivity contribution < 1.29 is 23.7 Å². The molecule has 0 aliphatic rings. The molecule has 0 aliphatic carbocycles. The van der Waals surface area contributed by atoms with Crippen LogP contribution in [-0.2, 0) is 16.1 Å². The van der Waals surface area contributed by atoms with Gasteiger partial charge in [-0.15, -0.1) is 11.3 Å². The number of hydrogen-bond donors (Lipinski definition) is 1. The Morgan fingerprint density at radius 1 is 1.08 bits per heavy atom. The highest BCUT2D eigenvalue weighted by Gasteiger charge is 2.19. The molecule has 10 heteroatoms. The van der Waals surface area contributed by atoms with E-state index in [2.05, 4.69) is 5.32 Å². The third-order valence-corrected chi connectivity index (χ3v) is 6.98. The second kappa shape index (κ2) is 12.3. The Morgan fingerprint density at radius 3 is 2.43 bits per heavy atom. The molecule has 194 valence electrons. The molecule has 3 rings (SSSR count). The highest BCUT2D eigenvalue weighted by molar-refractivity contribution is 7.07. The number of amides is 1. The zero-order chi connectivity index (χ0) is 27.1. The van der Waals surface area contributed by atoms with Crippen LogP contribution in [-0.4, -0.2) is 45.5 Å². The lowest BCUT2D eigenvalue weighted by molar-refractivity contribution is -0.111. The van der Waals surface area contributed by atoms with Crippen molar-refractivity contribution in [3.8, 4) is 23.3 Å². The van der Waals surface area contributed by atoms with Crippen LogP contribution in [0.3, 0.4) is 0 Å². The molecule has 0 unspecified atom stereocenters. The fraction of sp³-hybridized carbons (Fsp3) is 0.296. The average Bonchev–Trinajstić information content (AvgIpc) is 3.19. The third kappa shape index (κ3) is 5.69. The number of nitrogens with one attached hydrogen (secondary N) is 1. The third-order valence-electron chi connectivity index (χ3n) is 5.85. The van der Waals surface area contributed by atoms with Gasteiger partial charge in [-0.05, 0) is 49.2 Å². The zero-order valence-electron chi connectivity index (χ0n) is 21.6. The van der Waals surface area contributed by atoms with Crippen LogP contribution in [0.4, 0.5) is 5.69 Å². The summed E-state index contributed by atoms with van der Waals surface area (Å²) in [4.78, 5) is 26.6. The molecule has 0 bridgehead atoms. The molecule has 0 fully saturated rings. The van der Waals surface area contributed by atoms with Gasteiger partial charge < -0.3 is 24.3 Å². The van der Waals surface area contributed by atoms with Crippen molar-refractivity contribution in [3.05, 3.63) is 66.6 Å². The molecule has 2 aromatic carbocycles. The SMILES string of the molecule is COCCn1c(=O)/c(=C/c2ccc(OC)c(OC)c2OC)s/c1=C(\C#N)C(=O)Nc1cccc(C)c1C. The summed E-state index contributed by atoms with van der Waals surface area (Å²) in [5.74, 6) is 0.646. The molecule has 0 saturated carbocycles. The van der Waals surface area contributed by atoms with Gasteiger partial charge in [0.05, 0.1) is 39.0 Å². The van der Waals surface area contributed by atoms with Crippen LogP contribution in [0, 0.1) is 25.2 Å². The lowest BCUT2D eigenvalue weighted by Gasteiger charge is -2.13. The van der Waals surface area contributed by atoms with Crippen LogP contribution in [0.1, 0.15) is 16.7 Å². The summed E-state index contributed by atoms with van der Waals surface area (Å²) in [6.07, 6.45) is 1.64. The molecule has 37 heavy (non-hydrogen) atoms. The van der Waals surface area contributed by atoms with Gasteiger partial charge in [-0.1, -0.05) is 12.1 Å². The van der Waals surface area contributed by atoms with Gasteiger partial charge in [0.15, 0.2) is 17.1 Å². The molecule has 0 atom stereocenters. The second-order valence-electron chi connectivity index (χ2n) is 7.98. The number of carbonyl (C=O) groups is 1. The minimum absolute atomic E-state index is 0.167. The van der Waals surface area contributed by atoms with Crippen molar-refractivity contribution >= 4 is 34.6 Å². The highest BCUT2D eigenvalue weighted by atomic mass is 32.1. The van der Waals surface area contributed by atoms with Crippen LogP contribution in [0.2, 0.25) is 0 Å². The first-order chi connectivity index (χ1) is 17.8. The maximum Gasteiger partial charge on any atom is 0.269 e. The Morgan fingerprint density at radius 2 is 1.81 bits per heavy atom. The summed E-state index contributed by atoms with van der Waals surface area (Å²) in [6, 6.07) is 11.0. The van der Waals surface area contributed by atoms with Gasteiger partial charge >= 0.3 is 0 Å². The Kier molecular flexibility index (Phi) is 9.11. The Labute approximate surface area is 218 Å². The maximum atomic E-state index is 13.4. The fourth-order valence-electron chi connectivity index (χ4n) is 3.74. The van der Waals surface area contributed by atoms with E-state index < -0.39 is 5.91 Å². The van der Waals surface area contributed by atoms with Gasteiger partial charge in [-0.25, -0.2) is 0 Å². The van der Waals surface area contributed by atoms with Gasteiger partial charge in [0.1, 0.15) is 10.7 Å². The first-order valence-electron chi connectivity index (χ1n) is 11.3. The zero-order valence-corrected chi connectivity index (χ0v) is 22.4. The molecule has 0 spiro atoms. The summed E-state index contributed by atoms with van der Waals surface area (Å²) in [5.41, 5.74) is 2.54. The number of nitrogens with zero attached hydrogens (tertiary/aromatic N) is 2. The number of nitriles is 1. The number of hydrogen-bond acceptors (Lipinski definition) is 8. The predicted molar refractivity (Wildman–Crippen MR) is 143 cm³/mol. The first kappa shape index (κ1) is 27.5. The van der Waals surface area contributed by atoms with E-state index in [9.17, 15) is 14.9 Å². The van der Waals surface area contributed by atoms with Crippen molar-refractivity contribution in [2.24, 2.45) is 0 Å². The van der Waals surface area contributed by atoms with Crippen LogP contribution in [0.25, 0.3) is 11.6 Å². The second-order valence-corrected chi connectivity index (χ2v) is 9.01. The van der Waals surface area contributed by atoms with Gasteiger partial charge in [0, 0.05) is 18.4 Å². The minimum Gasteiger partial charge on any atom is -0.493 e. The smallest absolute Gasteiger partial charge is 0.269 e. The summed E-state index contributed by atoms with van der Waals surface area (Å²) in [5, 5.41) is 12.8. The summed E-state index contributed by atoms with van der Waals surface area (Å²) in [7, 11) is 6.02. The van der Waals surface area contributed by atoms with Crippen LogP contribution in [0.5, 0.6) is 17.2 Å². The number of methoxy groups -OCH3 is 4. The van der Waals surface area contributed by atoms with E-state index in [1.807, 2.05) is 32.0 Å². The number of thiazole rings is 1. The van der Waals surface area contributed by atoms with Crippen LogP contribution >= 0.6 is 11.3 Å². The molecule has 9 nitrogen and oxygen atoms in total. The Hall–Kier alpha value is -4.07. The molecule has 1 N–H and O–H groups in total. The molecule has 3 aromatic rings. The molecule has 0 saturated heterocycles.